The number of aliphatic hydroxyl groups excluding tert-OH is 1. The van der Waals surface area contributed by atoms with E-state index in [2.05, 4.69) is 4.99 Å². The number of benzene rings is 2. The number of fused-ring (bicyclic) bond motifs is 4. The van der Waals surface area contributed by atoms with Crippen LogP contribution in [0.4, 0.5) is 5.82 Å². The average molecular weight is 442 g/mol. The molecule has 5 rings (SSSR count). The highest BCUT2D eigenvalue weighted by Gasteiger charge is 2.48. The molecule has 0 saturated carbocycles. The van der Waals surface area contributed by atoms with E-state index in [-0.39, 0.29) is 11.8 Å². The van der Waals surface area contributed by atoms with Crippen molar-refractivity contribution in [2.75, 3.05) is 0 Å². The number of nitrogens with one attached hydrogen (secondary N) is 1. The predicted molar refractivity (Wildman–Crippen MR) is 114 cm³/mol. The Balaban J connectivity index is 1.96. The summed E-state index contributed by atoms with van der Waals surface area (Å²) in [6.45, 7) is 0. The lowest BCUT2D eigenvalue weighted by molar-refractivity contribution is -0.723. The molecular weight excluding hydrogens is 425 g/mol. The third kappa shape index (κ3) is 2.41. The number of nitrogens with zero attached hydrogens (tertiary/aromatic N) is 2. The van der Waals surface area contributed by atoms with E-state index in [0.717, 1.165) is 10.1 Å². The summed E-state index contributed by atoms with van der Waals surface area (Å²) in [5.74, 6) is -0.169. The quantitative estimate of drug-likeness (QED) is 0.504. The van der Waals surface area contributed by atoms with Crippen LogP contribution in [-0.4, -0.2) is 20.5 Å². The molecule has 3 N–H and O–H groups in total. The van der Waals surface area contributed by atoms with Gasteiger partial charge in [0.2, 0.25) is 0 Å². The van der Waals surface area contributed by atoms with E-state index in [1.54, 1.807) is 25.2 Å². The number of aromatic hydroxyl groups is 1. The molecule has 2 heterocycles. The molecule has 1 aliphatic heterocycles. The molecule has 30 heavy (non-hydrogen) atoms. The number of hydrogen-bond donors (Lipinski definition) is 3. The van der Waals surface area contributed by atoms with E-state index in [1.807, 2.05) is 24.3 Å². The molecule has 1 aliphatic carbocycles. The number of allylic oxidation sites excluding steroid dienone is 1. The van der Waals surface area contributed by atoms with Crippen molar-refractivity contribution in [3.8, 4) is 6.01 Å². The van der Waals surface area contributed by atoms with Gasteiger partial charge in [0, 0.05) is 21.2 Å². The van der Waals surface area contributed by atoms with Crippen LogP contribution in [-0.2, 0) is 14.1 Å². The summed E-state index contributed by atoms with van der Waals surface area (Å²) in [5.41, 5.74) is 3.25. The van der Waals surface area contributed by atoms with Crippen molar-refractivity contribution in [2.45, 2.75) is 5.92 Å². The molecule has 0 amide bonds. The molecule has 6 nitrogen and oxygen atoms in total. The molecule has 1 unspecified atom stereocenters. The second kappa shape index (κ2) is 6.45. The third-order valence-corrected chi connectivity index (χ3v) is 6.37. The molecule has 3 aromatic rings. The van der Waals surface area contributed by atoms with Crippen LogP contribution in [0.25, 0.3) is 5.76 Å². The van der Waals surface area contributed by atoms with Crippen molar-refractivity contribution in [3.63, 3.8) is 0 Å². The number of aliphatic hydroxyl groups is 1. The molecule has 0 radical (unpaired) electrons. The zero-order chi connectivity index (χ0) is 21.3. The van der Waals surface area contributed by atoms with Gasteiger partial charge in [0.1, 0.15) is 19.9 Å². The minimum Gasteiger partial charge on any atom is -0.507 e. The number of halogens is 2. The fourth-order valence-electron chi connectivity index (χ4n) is 4.33. The fraction of sp³-hybridized carbons (Fsp3) is 0.136. The second-order valence-corrected chi connectivity index (χ2v) is 8.24. The number of rotatable bonds is 1. The van der Waals surface area contributed by atoms with Crippen molar-refractivity contribution >= 4 is 40.5 Å². The van der Waals surface area contributed by atoms with Crippen LogP contribution in [0.2, 0.25) is 10.0 Å². The maximum Gasteiger partial charge on any atom is 0.519 e. The van der Waals surface area contributed by atoms with Crippen molar-refractivity contribution < 1.29 is 19.8 Å². The van der Waals surface area contributed by atoms with Gasteiger partial charge >= 0.3 is 17.4 Å². The van der Waals surface area contributed by atoms with Crippen LogP contribution in [0.1, 0.15) is 28.2 Å². The largest absolute Gasteiger partial charge is 0.519 e. The van der Waals surface area contributed by atoms with E-state index in [1.165, 1.54) is 11.6 Å². The molecular formula is C22H17Cl2N3O3+2. The summed E-state index contributed by atoms with van der Waals surface area (Å²) in [5, 5.41) is 22.5. The number of aromatic nitrogens is 2. The first-order valence-corrected chi connectivity index (χ1v) is 10.0. The van der Waals surface area contributed by atoms with Crippen molar-refractivity contribution in [1.29, 1.82) is 0 Å². The number of hydrogen-bond acceptors (Lipinski definition) is 3. The molecule has 8 heteroatoms. The van der Waals surface area contributed by atoms with Gasteiger partial charge in [-0.1, -0.05) is 41.4 Å². The summed E-state index contributed by atoms with van der Waals surface area (Å²) < 4.78 is 2.67. The van der Waals surface area contributed by atoms with Crippen molar-refractivity contribution in [3.05, 3.63) is 90.7 Å². The summed E-state index contributed by atoms with van der Waals surface area (Å²) in [6.07, 6.45) is 0. The van der Waals surface area contributed by atoms with Crippen molar-refractivity contribution in [2.24, 2.45) is 14.1 Å². The zero-order valence-electron chi connectivity index (χ0n) is 16.1. The summed E-state index contributed by atoms with van der Waals surface area (Å²) in [4.78, 5) is 16.6. The van der Waals surface area contributed by atoms with Gasteiger partial charge in [0.15, 0.2) is 11.3 Å². The third-order valence-electron chi connectivity index (χ3n) is 5.79. The average Bonchev–Trinajstić information content (AvgIpc) is 3.03. The molecule has 0 fully saturated rings. The zero-order valence-corrected chi connectivity index (χ0v) is 17.6. The fourth-order valence-corrected chi connectivity index (χ4v) is 4.74. The molecule has 1 atom stereocenters. The monoisotopic (exact) mass is 441 g/mol. The van der Waals surface area contributed by atoms with Gasteiger partial charge in [-0.15, -0.1) is 9.13 Å². The van der Waals surface area contributed by atoms with E-state index in [9.17, 15) is 15.0 Å². The van der Waals surface area contributed by atoms with Crippen LogP contribution >= 0.6 is 23.2 Å². The highest BCUT2D eigenvalue weighted by Crippen LogP contribution is 2.45. The normalized spacial score (nSPS) is 16.8. The lowest BCUT2D eigenvalue weighted by Crippen LogP contribution is -2.75. The van der Waals surface area contributed by atoms with E-state index < -0.39 is 11.5 Å². The first-order chi connectivity index (χ1) is 14.3. The Bertz CT molecular complexity index is 1390. The molecule has 0 bridgehead atoms. The maximum atomic E-state index is 13.3. The Morgan fingerprint density at radius 3 is 2.53 bits per heavy atom. The Morgan fingerprint density at radius 1 is 1.10 bits per heavy atom. The second-order valence-electron chi connectivity index (χ2n) is 7.39. The van der Waals surface area contributed by atoms with Gasteiger partial charge in [-0.25, -0.2) is 9.79 Å². The van der Waals surface area contributed by atoms with Crippen molar-refractivity contribution in [1.82, 2.24) is 4.57 Å². The van der Waals surface area contributed by atoms with E-state index in [0.29, 0.717) is 43.8 Å². The molecule has 0 spiro atoms. The lowest BCUT2D eigenvalue weighted by Gasteiger charge is -2.22. The Kier molecular flexibility index (Phi) is 4.07. The first-order valence-electron chi connectivity index (χ1n) is 9.25. The highest BCUT2D eigenvalue weighted by atomic mass is 35.5. The Labute approximate surface area is 181 Å². The minimum atomic E-state index is -0.680. The molecule has 2 aromatic carbocycles. The van der Waals surface area contributed by atoms with Crippen LogP contribution in [0, 0.1) is 0 Å². The Morgan fingerprint density at radius 2 is 1.80 bits per heavy atom. The molecule has 2 aliphatic rings. The summed E-state index contributed by atoms with van der Waals surface area (Å²) in [6, 6.07) is 12.3. The van der Waals surface area contributed by atoms with Crippen LogP contribution < -0.4 is 15.1 Å². The SMILES string of the molecule is Cn1c(O)[n+](C)c2c(c1=O)C(c1cc(Cl)ccc1Cl)C1=C(O)c3ccccc3C1=[NH+]2. The first kappa shape index (κ1) is 18.9. The topological polar surface area (TPSA) is 80.3 Å². The molecule has 1 aromatic heterocycles. The smallest absolute Gasteiger partial charge is 0.507 e. The van der Waals surface area contributed by atoms with Gasteiger partial charge in [0.25, 0.3) is 0 Å². The maximum absolute atomic E-state index is 13.3. The van der Waals surface area contributed by atoms with Crippen LogP contribution in [0.5, 0.6) is 6.01 Å². The predicted octanol–water partition coefficient (Wildman–Crippen LogP) is 1.85. The molecule has 150 valence electrons. The van der Waals surface area contributed by atoms with Crippen LogP contribution in [0.15, 0.2) is 52.8 Å². The van der Waals surface area contributed by atoms with Gasteiger partial charge in [0.05, 0.1) is 11.5 Å². The van der Waals surface area contributed by atoms with E-state index in [4.69, 9.17) is 23.2 Å². The summed E-state index contributed by atoms with van der Waals surface area (Å²) >= 11 is 12.8. The summed E-state index contributed by atoms with van der Waals surface area (Å²) in [7, 11) is 3.15. The van der Waals surface area contributed by atoms with Gasteiger partial charge in [-0.3, -0.25) is 0 Å². The Hall–Kier alpha value is -3.09. The highest BCUT2D eigenvalue weighted by molar-refractivity contribution is 6.34. The lowest BCUT2D eigenvalue weighted by atomic mass is 9.81. The van der Waals surface area contributed by atoms with Gasteiger partial charge in [-0.05, 0) is 29.8 Å². The molecule has 0 saturated heterocycles. The van der Waals surface area contributed by atoms with E-state index >= 15 is 0 Å². The van der Waals surface area contributed by atoms with Crippen LogP contribution in [0.3, 0.4) is 0 Å². The van der Waals surface area contributed by atoms with Gasteiger partial charge < -0.3 is 10.2 Å². The minimum absolute atomic E-state index is 0.0811. The van der Waals surface area contributed by atoms with Gasteiger partial charge in [-0.2, -0.15) is 0 Å². The standard InChI is InChI=1S/C22H15Cl2N3O3/c1-26-20-17(21(29)27(2)22(26)30)15(13-9-10(23)7-8-14(13)24)16-18(25-20)11-5-3-4-6-12(11)19(16)28/h3-9,15H,1-2H3,(H,25,28,29)/p+2.